The summed E-state index contributed by atoms with van der Waals surface area (Å²) in [7, 11) is 0. The van der Waals surface area contributed by atoms with E-state index >= 15 is 0 Å². The average Bonchev–Trinajstić information content (AvgIpc) is 3.28. The Hall–Kier alpha value is -1.93. The summed E-state index contributed by atoms with van der Waals surface area (Å²) in [5.74, 6) is 1.29. The molecule has 1 N–H and O–H groups in total. The second-order valence-corrected chi connectivity index (χ2v) is 6.89. The van der Waals surface area contributed by atoms with Gasteiger partial charge in [0.25, 0.3) is 0 Å². The maximum Gasteiger partial charge on any atom is 0.317 e. The van der Waals surface area contributed by atoms with Crippen molar-refractivity contribution in [2.24, 2.45) is 0 Å². The van der Waals surface area contributed by atoms with E-state index in [0.29, 0.717) is 18.3 Å². The lowest BCUT2D eigenvalue weighted by atomic mass is 10.0. The lowest BCUT2D eigenvalue weighted by molar-refractivity contribution is 0.113. The van der Waals surface area contributed by atoms with Gasteiger partial charge in [-0.15, -0.1) is 11.3 Å². The maximum atomic E-state index is 11.8. The van der Waals surface area contributed by atoms with Gasteiger partial charge in [0.1, 0.15) is 0 Å². The van der Waals surface area contributed by atoms with Crippen LogP contribution in [-0.4, -0.2) is 58.2 Å². The lowest BCUT2D eigenvalue weighted by Crippen LogP contribution is -2.48. The number of likely N-dealkylation sites (tertiary alicyclic amines) is 1. The first-order valence-electron chi connectivity index (χ1n) is 7.93. The van der Waals surface area contributed by atoms with E-state index in [1.807, 2.05) is 22.4 Å². The molecule has 8 heteroatoms. The number of amides is 2. The van der Waals surface area contributed by atoms with E-state index in [1.165, 1.54) is 0 Å². The Morgan fingerprint density at radius 1 is 1.43 bits per heavy atom. The number of thiophene rings is 1. The highest BCUT2D eigenvalue weighted by molar-refractivity contribution is 7.13. The molecule has 2 aromatic heterocycles. The maximum absolute atomic E-state index is 11.8. The summed E-state index contributed by atoms with van der Waals surface area (Å²) in [5, 5.41) is 8.94. The van der Waals surface area contributed by atoms with Gasteiger partial charge in [0.15, 0.2) is 0 Å². The van der Waals surface area contributed by atoms with E-state index in [-0.39, 0.29) is 12.1 Å². The summed E-state index contributed by atoms with van der Waals surface area (Å²) in [5.41, 5.74) is 0. The number of urea groups is 1. The van der Waals surface area contributed by atoms with Crippen LogP contribution in [0, 0.1) is 0 Å². The van der Waals surface area contributed by atoms with Crippen molar-refractivity contribution in [2.45, 2.75) is 25.4 Å². The van der Waals surface area contributed by atoms with Gasteiger partial charge in [-0.05, 0) is 30.8 Å². The van der Waals surface area contributed by atoms with E-state index in [9.17, 15) is 4.79 Å². The predicted octanol–water partition coefficient (Wildman–Crippen LogP) is 1.79. The zero-order valence-electron chi connectivity index (χ0n) is 12.8. The number of nitrogens with one attached hydrogen (secondary N) is 1. The predicted molar refractivity (Wildman–Crippen MR) is 86.0 cm³/mol. The molecule has 7 nitrogen and oxygen atoms in total. The van der Waals surface area contributed by atoms with Crippen molar-refractivity contribution in [1.82, 2.24) is 25.3 Å². The molecule has 4 heterocycles. The van der Waals surface area contributed by atoms with Crippen LogP contribution in [0.5, 0.6) is 0 Å². The third kappa shape index (κ3) is 3.09. The molecule has 122 valence electrons. The molecule has 2 amide bonds. The first kappa shape index (κ1) is 14.6. The molecule has 0 radical (unpaired) electrons. The molecule has 0 unspecified atom stereocenters. The van der Waals surface area contributed by atoms with Gasteiger partial charge in [-0.3, -0.25) is 4.90 Å². The molecule has 23 heavy (non-hydrogen) atoms. The van der Waals surface area contributed by atoms with Crippen LogP contribution in [0.4, 0.5) is 4.79 Å². The number of carbonyl (C=O) groups is 1. The second kappa shape index (κ2) is 6.29. The van der Waals surface area contributed by atoms with Gasteiger partial charge in [0, 0.05) is 25.7 Å². The van der Waals surface area contributed by atoms with Crippen LogP contribution in [0.2, 0.25) is 0 Å². The third-order valence-electron chi connectivity index (χ3n) is 4.38. The van der Waals surface area contributed by atoms with Crippen LogP contribution in [0.1, 0.15) is 18.7 Å². The standard InChI is InChI=1S/C15H19N5O2S/c21-15-16-5-7-20(15)11-3-1-6-19(9-11)10-13-17-14(18-22-13)12-4-2-8-23-12/h2,4,8,11H,1,3,5-7,9-10H2,(H,16,21)/t11-/m1/s1. The molecular weight excluding hydrogens is 314 g/mol. The van der Waals surface area contributed by atoms with Gasteiger partial charge in [0.05, 0.1) is 11.4 Å². The summed E-state index contributed by atoms with van der Waals surface area (Å²) in [6.07, 6.45) is 2.15. The minimum atomic E-state index is 0.0645. The topological polar surface area (TPSA) is 74.5 Å². The first-order valence-corrected chi connectivity index (χ1v) is 8.81. The van der Waals surface area contributed by atoms with Gasteiger partial charge < -0.3 is 14.7 Å². The average molecular weight is 333 g/mol. The van der Waals surface area contributed by atoms with Crippen LogP contribution in [-0.2, 0) is 6.54 Å². The molecular formula is C15H19N5O2S. The number of nitrogens with zero attached hydrogens (tertiary/aromatic N) is 4. The number of hydrogen-bond acceptors (Lipinski definition) is 6. The van der Waals surface area contributed by atoms with Crippen molar-refractivity contribution in [3.05, 3.63) is 23.4 Å². The molecule has 2 saturated heterocycles. The molecule has 0 spiro atoms. The third-order valence-corrected chi connectivity index (χ3v) is 5.25. The Bertz CT molecular complexity index is 671. The fourth-order valence-corrected chi connectivity index (χ4v) is 3.93. The Balaban J connectivity index is 1.39. The van der Waals surface area contributed by atoms with Crippen LogP contribution >= 0.6 is 11.3 Å². The number of carbonyl (C=O) groups excluding carboxylic acids is 1. The van der Waals surface area contributed by atoms with Crippen molar-refractivity contribution in [3.63, 3.8) is 0 Å². The van der Waals surface area contributed by atoms with Crippen LogP contribution in [0.25, 0.3) is 10.7 Å². The quantitative estimate of drug-likeness (QED) is 0.923. The molecule has 0 aromatic carbocycles. The summed E-state index contributed by atoms with van der Waals surface area (Å²) in [6.45, 7) is 4.07. The van der Waals surface area contributed by atoms with Crippen molar-refractivity contribution in [1.29, 1.82) is 0 Å². The van der Waals surface area contributed by atoms with E-state index in [1.54, 1.807) is 11.3 Å². The highest BCUT2D eigenvalue weighted by Crippen LogP contribution is 2.23. The second-order valence-electron chi connectivity index (χ2n) is 5.95. The zero-order valence-corrected chi connectivity index (χ0v) is 13.6. The van der Waals surface area contributed by atoms with Gasteiger partial charge >= 0.3 is 6.03 Å². The molecule has 2 aromatic rings. The van der Waals surface area contributed by atoms with Crippen molar-refractivity contribution in [2.75, 3.05) is 26.2 Å². The van der Waals surface area contributed by atoms with Gasteiger partial charge in [-0.1, -0.05) is 11.2 Å². The van der Waals surface area contributed by atoms with Gasteiger partial charge in [-0.2, -0.15) is 4.98 Å². The summed E-state index contributed by atoms with van der Waals surface area (Å²) in [4.78, 5) is 21.6. The first-order chi connectivity index (χ1) is 11.3. The lowest BCUT2D eigenvalue weighted by Gasteiger charge is -2.36. The van der Waals surface area contributed by atoms with Crippen molar-refractivity contribution in [3.8, 4) is 10.7 Å². The van der Waals surface area contributed by atoms with Crippen LogP contribution < -0.4 is 5.32 Å². The number of hydrogen-bond donors (Lipinski definition) is 1. The SMILES string of the molecule is O=C1NCCN1[C@@H]1CCCN(Cc2nc(-c3cccs3)no2)C1. The molecule has 4 rings (SSSR count). The molecule has 0 saturated carbocycles. The summed E-state index contributed by atoms with van der Waals surface area (Å²) >= 11 is 1.60. The molecule has 0 bridgehead atoms. The normalized spacial score (nSPS) is 22.5. The Morgan fingerprint density at radius 2 is 2.39 bits per heavy atom. The summed E-state index contributed by atoms with van der Waals surface area (Å²) in [6, 6.07) is 4.31. The fourth-order valence-electron chi connectivity index (χ4n) is 3.28. The molecule has 1 atom stereocenters. The highest BCUT2D eigenvalue weighted by atomic mass is 32.1. The van der Waals surface area contributed by atoms with Crippen LogP contribution in [0.15, 0.2) is 22.0 Å². The Morgan fingerprint density at radius 3 is 3.17 bits per heavy atom. The monoisotopic (exact) mass is 333 g/mol. The Kier molecular flexibility index (Phi) is 4.00. The summed E-state index contributed by atoms with van der Waals surface area (Å²) < 4.78 is 5.38. The zero-order chi connectivity index (χ0) is 15.6. The molecule has 2 fully saturated rings. The van der Waals surface area contributed by atoms with Crippen LogP contribution in [0.3, 0.4) is 0 Å². The van der Waals surface area contributed by atoms with Crippen molar-refractivity contribution >= 4 is 17.4 Å². The highest BCUT2D eigenvalue weighted by Gasteiger charge is 2.31. The Labute approximate surface area is 138 Å². The fraction of sp³-hybridized carbons (Fsp3) is 0.533. The number of aromatic nitrogens is 2. The minimum absolute atomic E-state index is 0.0645. The molecule has 0 aliphatic carbocycles. The van der Waals surface area contributed by atoms with E-state index < -0.39 is 0 Å². The van der Waals surface area contributed by atoms with Crippen molar-refractivity contribution < 1.29 is 9.32 Å². The van der Waals surface area contributed by atoms with E-state index in [0.717, 1.165) is 43.9 Å². The number of piperidine rings is 1. The largest absolute Gasteiger partial charge is 0.338 e. The number of rotatable bonds is 4. The molecule has 2 aliphatic rings. The van der Waals surface area contributed by atoms with Gasteiger partial charge in [-0.25, -0.2) is 4.79 Å². The minimum Gasteiger partial charge on any atom is -0.338 e. The molecule has 2 aliphatic heterocycles. The van der Waals surface area contributed by atoms with Gasteiger partial charge in [0.2, 0.25) is 11.7 Å². The van der Waals surface area contributed by atoms with E-state index in [4.69, 9.17) is 4.52 Å². The van der Waals surface area contributed by atoms with E-state index in [2.05, 4.69) is 20.4 Å². The smallest absolute Gasteiger partial charge is 0.317 e.